The van der Waals surface area contributed by atoms with Crippen molar-refractivity contribution in [3.05, 3.63) is 64.8 Å². The van der Waals surface area contributed by atoms with Crippen molar-refractivity contribution in [3.63, 3.8) is 0 Å². The molecule has 0 aliphatic carbocycles. The van der Waals surface area contributed by atoms with Crippen molar-refractivity contribution in [2.45, 2.75) is 6.54 Å². The van der Waals surface area contributed by atoms with Gasteiger partial charge < -0.3 is 14.8 Å². The number of hydrogen-bond acceptors (Lipinski definition) is 3. The first kappa shape index (κ1) is 17.0. The van der Waals surface area contributed by atoms with Crippen LogP contribution in [-0.2, 0) is 6.54 Å². The Labute approximate surface area is 155 Å². The molecule has 1 aliphatic rings. The molecule has 0 spiro atoms. The highest BCUT2D eigenvalue weighted by atomic mass is 35.5. The number of benzene rings is 1. The minimum atomic E-state index is -0.386. The van der Waals surface area contributed by atoms with Gasteiger partial charge in [-0.1, -0.05) is 11.6 Å². The zero-order valence-electron chi connectivity index (χ0n) is 14.2. The molecule has 1 aromatic carbocycles. The molecule has 2 aromatic heterocycles. The summed E-state index contributed by atoms with van der Waals surface area (Å²) in [6.45, 7) is 3.46. The maximum Gasteiger partial charge on any atom is 0.130 e. The Morgan fingerprint density at radius 3 is 2.85 bits per heavy atom. The van der Waals surface area contributed by atoms with Crippen molar-refractivity contribution in [2.75, 3.05) is 26.2 Å². The van der Waals surface area contributed by atoms with Gasteiger partial charge in [-0.25, -0.2) is 4.39 Å². The highest BCUT2D eigenvalue weighted by Crippen LogP contribution is 2.25. The number of fused-ring (bicyclic) bond motifs is 1. The smallest absolute Gasteiger partial charge is 0.130 e. The van der Waals surface area contributed by atoms with Gasteiger partial charge in [-0.05, 0) is 24.3 Å². The SMILES string of the molecule is N=C(c1cc(F)c(Cn2ccc3cnccc32)c(Cl)c1)N1CCNCC1. The molecule has 0 saturated carbocycles. The second-order valence-corrected chi connectivity index (χ2v) is 6.79. The third kappa shape index (κ3) is 3.18. The lowest BCUT2D eigenvalue weighted by Crippen LogP contribution is -2.46. The zero-order valence-corrected chi connectivity index (χ0v) is 14.9. The number of piperazine rings is 1. The lowest BCUT2D eigenvalue weighted by molar-refractivity contribution is 0.356. The van der Waals surface area contributed by atoms with Crippen molar-refractivity contribution in [1.29, 1.82) is 5.41 Å². The summed E-state index contributed by atoms with van der Waals surface area (Å²) in [7, 11) is 0. The largest absolute Gasteiger partial charge is 0.354 e. The van der Waals surface area contributed by atoms with Gasteiger partial charge in [-0.15, -0.1) is 0 Å². The van der Waals surface area contributed by atoms with E-state index in [1.165, 1.54) is 6.07 Å². The highest BCUT2D eigenvalue weighted by molar-refractivity contribution is 6.31. The molecular formula is C19H19ClFN5. The van der Waals surface area contributed by atoms with Crippen LogP contribution in [0.15, 0.2) is 42.9 Å². The van der Waals surface area contributed by atoms with Gasteiger partial charge in [0.15, 0.2) is 0 Å². The Bertz CT molecular complexity index is 938. The molecule has 1 aliphatic heterocycles. The predicted octanol–water partition coefficient (Wildman–Crippen LogP) is 3.11. The van der Waals surface area contributed by atoms with Gasteiger partial charge in [-0.2, -0.15) is 0 Å². The van der Waals surface area contributed by atoms with E-state index in [-0.39, 0.29) is 5.82 Å². The van der Waals surface area contributed by atoms with Crippen molar-refractivity contribution in [1.82, 2.24) is 19.8 Å². The summed E-state index contributed by atoms with van der Waals surface area (Å²) in [6.07, 6.45) is 5.40. The summed E-state index contributed by atoms with van der Waals surface area (Å²) < 4.78 is 16.7. The molecule has 2 N–H and O–H groups in total. The van der Waals surface area contributed by atoms with Crippen LogP contribution < -0.4 is 5.32 Å². The van der Waals surface area contributed by atoms with E-state index in [0.29, 0.717) is 28.5 Å². The number of hydrogen-bond donors (Lipinski definition) is 2. The molecule has 0 bridgehead atoms. The summed E-state index contributed by atoms with van der Waals surface area (Å²) in [5.41, 5.74) is 1.92. The Hall–Kier alpha value is -2.44. The molecule has 5 nitrogen and oxygen atoms in total. The third-order valence-electron chi connectivity index (χ3n) is 4.75. The average molecular weight is 372 g/mol. The number of rotatable bonds is 3. The number of amidine groups is 1. The number of halogens is 2. The summed E-state index contributed by atoms with van der Waals surface area (Å²) in [5, 5.41) is 12.9. The minimum Gasteiger partial charge on any atom is -0.354 e. The molecule has 0 unspecified atom stereocenters. The van der Waals surface area contributed by atoms with Gasteiger partial charge >= 0.3 is 0 Å². The molecule has 0 amide bonds. The summed E-state index contributed by atoms with van der Waals surface area (Å²) >= 11 is 6.39. The van der Waals surface area contributed by atoms with E-state index in [0.717, 1.165) is 37.1 Å². The van der Waals surface area contributed by atoms with Gasteiger partial charge in [-0.3, -0.25) is 10.4 Å². The summed E-state index contributed by atoms with van der Waals surface area (Å²) in [6, 6.07) is 6.95. The van der Waals surface area contributed by atoms with E-state index in [1.807, 2.05) is 27.8 Å². The van der Waals surface area contributed by atoms with E-state index < -0.39 is 0 Å². The van der Waals surface area contributed by atoms with Crippen molar-refractivity contribution in [3.8, 4) is 0 Å². The predicted molar refractivity (Wildman–Crippen MR) is 102 cm³/mol. The third-order valence-corrected chi connectivity index (χ3v) is 5.08. The van der Waals surface area contributed by atoms with Crippen LogP contribution in [0, 0.1) is 11.2 Å². The van der Waals surface area contributed by atoms with Crippen LogP contribution in [0.5, 0.6) is 0 Å². The maximum absolute atomic E-state index is 14.8. The quantitative estimate of drug-likeness (QED) is 0.549. The van der Waals surface area contributed by atoms with Crippen LogP contribution in [0.4, 0.5) is 4.39 Å². The Kier molecular flexibility index (Phi) is 4.61. The molecule has 0 atom stereocenters. The summed E-state index contributed by atoms with van der Waals surface area (Å²) in [4.78, 5) is 6.04. The molecule has 0 radical (unpaired) electrons. The topological polar surface area (TPSA) is 56.9 Å². The van der Waals surface area contributed by atoms with Crippen LogP contribution in [0.3, 0.4) is 0 Å². The number of nitrogens with one attached hydrogen (secondary N) is 2. The van der Waals surface area contributed by atoms with E-state index >= 15 is 0 Å². The second kappa shape index (κ2) is 7.05. The molecule has 1 saturated heterocycles. The molecule has 3 aromatic rings. The van der Waals surface area contributed by atoms with Crippen molar-refractivity contribution < 1.29 is 4.39 Å². The molecule has 3 heterocycles. The monoisotopic (exact) mass is 371 g/mol. The minimum absolute atomic E-state index is 0.316. The second-order valence-electron chi connectivity index (χ2n) is 6.38. The Morgan fingerprint density at radius 2 is 2.08 bits per heavy atom. The van der Waals surface area contributed by atoms with E-state index in [9.17, 15) is 4.39 Å². The fourth-order valence-electron chi connectivity index (χ4n) is 3.31. The first-order valence-corrected chi connectivity index (χ1v) is 8.92. The Balaban J connectivity index is 1.62. The van der Waals surface area contributed by atoms with Gasteiger partial charge in [0.2, 0.25) is 0 Å². The highest BCUT2D eigenvalue weighted by Gasteiger charge is 2.18. The lowest BCUT2D eigenvalue weighted by Gasteiger charge is -2.29. The molecule has 26 heavy (non-hydrogen) atoms. The molecule has 134 valence electrons. The Morgan fingerprint density at radius 1 is 1.27 bits per heavy atom. The normalized spacial score (nSPS) is 14.8. The van der Waals surface area contributed by atoms with Crippen LogP contribution in [0.1, 0.15) is 11.1 Å². The van der Waals surface area contributed by atoms with Crippen LogP contribution in [0.2, 0.25) is 5.02 Å². The first-order valence-electron chi connectivity index (χ1n) is 8.55. The summed E-state index contributed by atoms with van der Waals surface area (Å²) in [5.74, 6) is -0.0698. The maximum atomic E-state index is 14.8. The van der Waals surface area contributed by atoms with E-state index in [1.54, 1.807) is 18.5 Å². The molecule has 7 heteroatoms. The van der Waals surface area contributed by atoms with Gasteiger partial charge in [0.25, 0.3) is 0 Å². The molecule has 1 fully saturated rings. The molecule has 4 rings (SSSR count). The fraction of sp³-hybridized carbons (Fsp3) is 0.263. The number of aromatic nitrogens is 2. The number of nitrogens with zero attached hydrogens (tertiary/aromatic N) is 3. The van der Waals surface area contributed by atoms with E-state index in [2.05, 4.69) is 10.3 Å². The first-order chi connectivity index (χ1) is 12.6. The zero-order chi connectivity index (χ0) is 18.1. The number of pyridine rings is 1. The van der Waals surface area contributed by atoms with Gasteiger partial charge in [0.05, 0.1) is 12.1 Å². The average Bonchev–Trinajstić information content (AvgIpc) is 3.07. The lowest BCUT2D eigenvalue weighted by atomic mass is 10.1. The van der Waals surface area contributed by atoms with Crippen LogP contribution >= 0.6 is 11.6 Å². The van der Waals surface area contributed by atoms with Crippen LogP contribution in [0.25, 0.3) is 10.9 Å². The van der Waals surface area contributed by atoms with Gasteiger partial charge in [0, 0.05) is 66.3 Å². The molecular weight excluding hydrogens is 353 g/mol. The standard InChI is InChI=1S/C19H19ClFN5/c20-16-9-14(19(22)25-7-4-23-5-8-25)10-17(21)15(16)12-26-6-2-13-11-24-3-1-18(13)26/h1-3,6,9-11,22-23H,4-5,7-8,12H2. The van der Waals surface area contributed by atoms with Crippen molar-refractivity contribution >= 4 is 28.3 Å². The van der Waals surface area contributed by atoms with Crippen molar-refractivity contribution in [2.24, 2.45) is 0 Å². The van der Waals surface area contributed by atoms with E-state index in [4.69, 9.17) is 17.0 Å². The van der Waals surface area contributed by atoms with Gasteiger partial charge in [0.1, 0.15) is 11.7 Å². The van der Waals surface area contributed by atoms with Crippen LogP contribution in [-0.4, -0.2) is 46.5 Å². The fourth-order valence-corrected chi connectivity index (χ4v) is 3.58.